The van der Waals surface area contributed by atoms with Crippen LogP contribution in [-0.2, 0) is 92.0 Å². The van der Waals surface area contributed by atoms with Crippen LogP contribution in [0.3, 0.4) is 0 Å². The second kappa shape index (κ2) is 8.85. The molecule has 11 heavy (non-hydrogen) atoms. The van der Waals surface area contributed by atoms with Crippen molar-refractivity contribution in [3.63, 3.8) is 0 Å². The van der Waals surface area contributed by atoms with Crippen molar-refractivity contribution in [2.45, 2.75) is 0 Å². The third-order valence-corrected chi connectivity index (χ3v) is 4.06. The van der Waals surface area contributed by atoms with Gasteiger partial charge in [0.25, 0.3) is 0 Å². The van der Waals surface area contributed by atoms with Gasteiger partial charge in [0.2, 0.25) is 0 Å². The van der Waals surface area contributed by atoms with Crippen molar-refractivity contribution in [2.75, 3.05) is 0 Å². The Morgan fingerprint density at radius 1 is 1.09 bits per heavy atom. The van der Waals surface area contributed by atoms with Crippen LogP contribution < -0.4 is 0 Å². The Balaban J connectivity index is 3.70. The second-order valence-corrected chi connectivity index (χ2v) is 5.27. The van der Waals surface area contributed by atoms with Crippen LogP contribution in [0.15, 0.2) is 0 Å². The maximum absolute atomic E-state index is 8.42. The zero-order valence-corrected chi connectivity index (χ0v) is 22.3. The fourth-order valence-corrected chi connectivity index (χ4v) is 5.20. The van der Waals surface area contributed by atoms with Gasteiger partial charge in [-0.1, -0.05) is 0 Å². The maximum atomic E-state index is 8.42. The molecule has 0 saturated carbocycles. The molecule has 0 aliphatic carbocycles. The number of nitriles is 1. The molecule has 0 N–H and O–H groups in total. The Kier molecular flexibility index (Phi) is 10.7. The van der Waals surface area contributed by atoms with Gasteiger partial charge in [0.15, 0.2) is 0 Å². The van der Waals surface area contributed by atoms with Gasteiger partial charge in [-0.25, -0.2) is 0 Å². The first kappa shape index (κ1) is 13.3. The predicted octanol–water partition coefficient (Wildman–Crippen LogP) is -1.03. The fraction of sp³-hybridized carbons (Fsp3) is 0. The molecular weight excluding hydrogens is 713 g/mol. The molecule has 0 unspecified atom stereocenters. The summed E-state index contributed by atoms with van der Waals surface area (Å²) in [5.74, 6) is 1.84. The molecule has 0 aromatic carbocycles. The number of hydrogen-bond acceptors (Lipinski definition) is 5. The minimum absolute atomic E-state index is 0.0961. The van der Waals surface area contributed by atoms with Gasteiger partial charge < -0.3 is 0 Å². The van der Waals surface area contributed by atoms with Crippen molar-refractivity contribution in [1.29, 1.82) is 5.26 Å². The summed E-state index contributed by atoms with van der Waals surface area (Å²) in [6, 6.07) is 0. The molecule has 0 aromatic heterocycles. The van der Waals surface area contributed by atoms with Crippen molar-refractivity contribution in [3.8, 4) is 5.97 Å². The van der Waals surface area contributed by atoms with Gasteiger partial charge >= 0.3 is 118 Å². The summed E-state index contributed by atoms with van der Waals surface area (Å²) in [6.07, 6.45) is 0. The molecule has 0 bridgehead atoms. The Morgan fingerprint density at radius 2 is 1.64 bits per heavy atom. The van der Waals surface area contributed by atoms with Crippen LogP contribution in [0.4, 0.5) is 0 Å². The molecule has 0 fully saturated rings. The Bertz CT molecular complexity index is 138. The third kappa shape index (κ3) is 6.35. The average Bonchev–Trinajstić information content (AvgIpc) is 2.07. The number of nitrogens with zero attached hydrogens (tertiary/aromatic N) is 1. The molecule has 10 heteroatoms. The van der Waals surface area contributed by atoms with E-state index in [9.17, 15) is 0 Å². The molecule has 5 nitrogen and oxygen atoms in total. The van der Waals surface area contributed by atoms with Crippen molar-refractivity contribution < 1.29 is 92.0 Å². The normalized spacial score (nSPS) is 9.18. The first-order valence-electron chi connectivity index (χ1n) is 2.56. The van der Waals surface area contributed by atoms with Crippen LogP contribution in [0.2, 0.25) is 0 Å². The first-order valence-corrected chi connectivity index (χ1v) is 9.29. The van der Waals surface area contributed by atoms with E-state index in [4.69, 9.17) is 17.5 Å². The molecule has 0 amide bonds. The molecule has 0 spiro atoms. The van der Waals surface area contributed by atoms with Gasteiger partial charge in [-0.05, 0) is 0 Å². The van der Waals surface area contributed by atoms with Gasteiger partial charge in [0.05, 0.1) is 0 Å². The van der Waals surface area contributed by atoms with Crippen LogP contribution >= 0.6 is 0 Å². The van der Waals surface area contributed by atoms with E-state index < -0.39 is 14.4 Å². The molecule has 0 radical (unpaired) electrons. The second-order valence-electron chi connectivity index (χ2n) is 1.39. The van der Waals surface area contributed by atoms with Gasteiger partial charge in [0.1, 0.15) is 0 Å². The molecule has 0 rings (SSSR count). The van der Waals surface area contributed by atoms with Crippen molar-refractivity contribution >= 4 is 14.4 Å². The number of rotatable bonds is 5. The summed E-state index contributed by atoms with van der Waals surface area (Å²) in [5, 5.41) is 8.42. The van der Waals surface area contributed by atoms with Crippen LogP contribution in [-0.4, -0.2) is 14.4 Å². The van der Waals surface area contributed by atoms with Crippen molar-refractivity contribution in [1.82, 2.24) is 0 Å². The molecule has 45 valence electrons. The topological polar surface area (TPSA) is 60.7 Å². The Morgan fingerprint density at radius 3 is 1.91 bits per heavy atom. The average molecular weight is 713 g/mol. The summed E-state index contributed by atoms with van der Waals surface area (Å²) in [7, 11) is -1.47. The van der Waals surface area contributed by atoms with Gasteiger partial charge in [-0.3, -0.25) is 0 Å². The standard InChI is InChI=1S/CB2NO4.3Hg/c4-1-2(5)8-3(6)7;;;/q-3;3*+1. The SMILES string of the molecule is N#CB([O][Hg])OB([O][Hg])[O][Hg]. The summed E-state index contributed by atoms with van der Waals surface area (Å²) in [6.45, 7) is 0. The monoisotopic (exact) mass is 718 g/mol. The molecule has 0 aliphatic heterocycles. The van der Waals surface area contributed by atoms with E-state index in [1.54, 1.807) is 0 Å². The van der Waals surface area contributed by atoms with E-state index in [1.807, 2.05) is 5.97 Å². The third-order valence-electron chi connectivity index (χ3n) is 0.764. The molecule has 0 atom stereocenters. The fourth-order valence-electron chi connectivity index (χ4n) is 0.335. The van der Waals surface area contributed by atoms with E-state index in [2.05, 4.69) is 0 Å². The quantitative estimate of drug-likeness (QED) is 0.342. The van der Waals surface area contributed by atoms with Gasteiger partial charge in [-0.2, -0.15) is 0 Å². The molecular formula is CB2Hg3NO4. The predicted molar refractivity (Wildman–Crippen MR) is 21.5 cm³/mol. The minimum atomic E-state index is -0.810. The Labute approximate surface area is 116 Å². The Hall–Kier alpha value is 2.27. The molecule has 0 aliphatic rings. The molecule has 0 saturated heterocycles. The van der Waals surface area contributed by atoms with Crippen LogP contribution in [0, 0.1) is 11.2 Å². The van der Waals surface area contributed by atoms with Gasteiger partial charge in [0, 0.05) is 0 Å². The molecule has 0 aromatic rings. The first-order chi connectivity index (χ1) is 5.28. The van der Waals surface area contributed by atoms with E-state index in [0.29, 0.717) is 0 Å². The summed E-state index contributed by atoms with van der Waals surface area (Å²) in [4.78, 5) is 0. The molecule has 0 heterocycles. The zero-order chi connectivity index (χ0) is 8.69. The number of hydrogen-bond donors (Lipinski definition) is 0. The van der Waals surface area contributed by atoms with Crippen LogP contribution in [0.25, 0.3) is 0 Å². The van der Waals surface area contributed by atoms with E-state index in [-0.39, 0.29) is 79.7 Å². The van der Waals surface area contributed by atoms with Gasteiger partial charge in [-0.15, -0.1) is 0 Å². The van der Waals surface area contributed by atoms with Crippen molar-refractivity contribution in [3.05, 3.63) is 0 Å². The van der Waals surface area contributed by atoms with E-state index >= 15 is 0 Å². The van der Waals surface area contributed by atoms with Crippen LogP contribution in [0.1, 0.15) is 0 Å². The summed E-state index contributed by atoms with van der Waals surface area (Å²) < 4.78 is 19.6. The van der Waals surface area contributed by atoms with Crippen LogP contribution in [0.5, 0.6) is 0 Å². The zero-order valence-electron chi connectivity index (χ0n) is 5.86. The van der Waals surface area contributed by atoms with Crippen molar-refractivity contribution in [2.24, 2.45) is 0 Å². The summed E-state index contributed by atoms with van der Waals surface area (Å²) >= 11 is 0.406. The van der Waals surface area contributed by atoms with E-state index in [1.165, 1.54) is 0 Å². The summed E-state index contributed by atoms with van der Waals surface area (Å²) in [5.41, 5.74) is 0. The van der Waals surface area contributed by atoms with E-state index in [0.717, 1.165) is 0 Å².